The van der Waals surface area contributed by atoms with Gasteiger partial charge in [-0.15, -0.1) is 0 Å². The van der Waals surface area contributed by atoms with Gasteiger partial charge >= 0.3 is 0 Å². The molecule has 1 aromatic heterocycles. The summed E-state index contributed by atoms with van der Waals surface area (Å²) in [4.78, 5) is 16.5. The number of aromatic nitrogens is 2. The normalized spacial score (nSPS) is 11.9. The van der Waals surface area contributed by atoms with Crippen molar-refractivity contribution in [1.82, 2.24) is 15.5 Å². The number of rotatable bonds is 8. The van der Waals surface area contributed by atoms with Gasteiger partial charge in [0.05, 0.1) is 0 Å². The molecular formula is C21H22ClN3O2. The fourth-order valence-corrected chi connectivity index (χ4v) is 2.96. The van der Waals surface area contributed by atoms with E-state index in [9.17, 15) is 4.79 Å². The summed E-state index contributed by atoms with van der Waals surface area (Å²) >= 11 is 5.98. The van der Waals surface area contributed by atoms with Crippen LogP contribution in [0.3, 0.4) is 0 Å². The van der Waals surface area contributed by atoms with Crippen LogP contribution in [0.5, 0.6) is 0 Å². The number of benzene rings is 2. The van der Waals surface area contributed by atoms with Gasteiger partial charge in [0.25, 0.3) is 0 Å². The van der Waals surface area contributed by atoms with Crippen LogP contribution in [0.25, 0.3) is 11.4 Å². The van der Waals surface area contributed by atoms with Gasteiger partial charge in [-0.05, 0) is 37.5 Å². The van der Waals surface area contributed by atoms with Gasteiger partial charge in [-0.1, -0.05) is 59.2 Å². The molecule has 0 fully saturated rings. The van der Waals surface area contributed by atoms with Crippen molar-refractivity contribution in [2.45, 2.75) is 38.6 Å². The molecule has 0 saturated heterocycles. The summed E-state index contributed by atoms with van der Waals surface area (Å²) in [7, 11) is 0. The minimum absolute atomic E-state index is 0.0157. The van der Waals surface area contributed by atoms with Crippen molar-refractivity contribution in [2.75, 3.05) is 0 Å². The van der Waals surface area contributed by atoms with Gasteiger partial charge in [-0.3, -0.25) is 4.79 Å². The first-order chi connectivity index (χ1) is 13.1. The molecule has 140 valence electrons. The van der Waals surface area contributed by atoms with E-state index in [0.29, 0.717) is 29.6 Å². The van der Waals surface area contributed by atoms with Gasteiger partial charge in [0, 0.05) is 29.5 Å². The SMILES string of the molecule is CC(CCc1ccccc1)NC(=O)CCc1nc(-c2cccc(Cl)c2)no1. The number of carbonyl (C=O) groups excluding carboxylic acids is 1. The lowest BCUT2D eigenvalue weighted by molar-refractivity contribution is -0.121. The van der Waals surface area contributed by atoms with E-state index >= 15 is 0 Å². The lowest BCUT2D eigenvalue weighted by atomic mass is 10.1. The Morgan fingerprint density at radius 1 is 1.15 bits per heavy atom. The zero-order valence-electron chi connectivity index (χ0n) is 15.2. The molecule has 1 unspecified atom stereocenters. The largest absolute Gasteiger partial charge is 0.354 e. The first kappa shape index (κ1) is 19.1. The van der Waals surface area contributed by atoms with Crippen molar-refractivity contribution < 1.29 is 9.32 Å². The van der Waals surface area contributed by atoms with E-state index in [1.807, 2.05) is 37.3 Å². The van der Waals surface area contributed by atoms with Crippen LogP contribution in [0.4, 0.5) is 0 Å². The van der Waals surface area contributed by atoms with Crippen molar-refractivity contribution in [1.29, 1.82) is 0 Å². The third-order valence-corrected chi connectivity index (χ3v) is 4.47. The molecule has 3 aromatic rings. The van der Waals surface area contributed by atoms with Crippen LogP contribution in [0.1, 0.15) is 31.2 Å². The molecule has 0 bridgehead atoms. The monoisotopic (exact) mass is 383 g/mol. The highest BCUT2D eigenvalue weighted by molar-refractivity contribution is 6.30. The Bertz CT molecular complexity index is 880. The maximum absolute atomic E-state index is 12.1. The fraction of sp³-hybridized carbons (Fsp3) is 0.286. The van der Waals surface area contributed by atoms with E-state index in [1.165, 1.54) is 5.56 Å². The first-order valence-corrected chi connectivity index (χ1v) is 9.40. The van der Waals surface area contributed by atoms with Gasteiger partial charge in [-0.25, -0.2) is 0 Å². The highest BCUT2D eigenvalue weighted by atomic mass is 35.5. The molecule has 0 radical (unpaired) electrons. The summed E-state index contributed by atoms with van der Waals surface area (Å²) in [5.41, 5.74) is 2.06. The molecule has 1 atom stereocenters. The molecule has 6 heteroatoms. The number of hydrogen-bond donors (Lipinski definition) is 1. The van der Waals surface area contributed by atoms with E-state index in [1.54, 1.807) is 12.1 Å². The Morgan fingerprint density at radius 3 is 2.74 bits per heavy atom. The summed E-state index contributed by atoms with van der Waals surface area (Å²) in [6.45, 7) is 2.02. The molecule has 1 amide bonds. The lowest BCUT2D eigenvalue weighted by Gasteiger charge is -2.13. The first-order valence-electron chi connectivity index (χ1n) is 9.02. The topological polar surface area (TPSA) is 68.0 Å². The number of hydrogen-bond acceptors (Lipinski definition) is 4. The summed E-state index contributed by atoms with van der Waals surface area (Å²) in [6.07, 6.45) is 2.56. The average molecular weight is 384 g/mol. The molecule has 27 heavy (non-hydrogen) atoms. The van der Waals surface area contributed by atoms with E-state index in [2.05, 4.69) is 27.6 Å². The number of nitrogens with one attached hydrogen (secondary N) is 1. The quantitative estimate of drug-likeness (QED) is 0.623. The van der Waals surface area contributed by atoms with Crippen molar-refractivity contribution in [2.24, 2.45) is 0 Å². The van der Waals surface area contributed by atoms with Crippen LogP contribution >= 0.6 is 11.6 Å². The molecule has 0 aliphatic heterocycles. The Balaban J connectivity index is 1.44. The predicted octanol–water partition coefficient (Wildman–Crippen LogP) is 4.46. The van der Waals surface area contributed by atoms with Crippen molar-refractivity contribution >= 4 is 17.5 Å². The van der Waals surface area contributed by atoms with E-state index < -0.39 is 0 Å². The molecule has 1 heterocycles. The fourth-order valence-electron chi connectivity index (χ4n) is 2.77. The Morgan fingerprint density at radius 2 is 1.96 bits per heavy atom. The molecular weight excluding hydrogens is 362 g/mol. The third kappa shape index (κ3) is 5.93. The molecule has 5 nitrogen and oxygen atoms in total. The van der Waals surface area contributed by atoms with Crippen LogP contribution in [0, 0.1) is 0 Å². The molecule has 0 aliphatic rings. The van der Waals surface area contributed by atoms with E-state index in [-0.39, 0.29) is 11.9 Å². The van der Waals surface area contributed by atoms with Gasteiger partial charge < -0.3 is 9.84 Å². The lowest BCUT2D eigenvalue weighted by Crippen LogP contribution is -2.33. The number of aryl methyl sites for hydroxylation is 2. The molecule has 1 N–H and O–H groups in total. The van der Waals surface area contributed by atoms with Crippen LogP contribution in [-0.4, -0.2) is 22.1 Å². The number of nitrogens with zero attached hydrogens (tertiary/aromatic N) is 2. The molecule has 0 spiro atoms. The Kier molecular flexibility index (Phi) is 6.60. The maximum atomic E-state index is 12.1. The smallest absolute Gasteiger partial charge is 0.227 e. The van der Waals surface area contributed by atoms with Crippen molar-refractivity contribution in [3.05, 3.63) is 71.1 Å². The zero-order valence-corrected chi connectivity index (χ0v) is 15.9. The van der Waals surface area contributed by atoms with Crippen molar-refractivity contribution in [3.8, 4) is 11.4 Å². The second-order valence-electron chi connectivity index (χ2n) is 6.51. The summed E-state index contributed by atoms with van der Waals surface area (Å²) in [6, 6.07) is 17.6. The molecule has 0 saturated carbocycles. The van der Waals surface area contributed by atoms with E-state index in [4.69, 9.17) is 16.1 Å². The Labute approximate surface area is 163 Å². The zero-order chi connectivity index (χ0) is 19.1. The molecule has 0 aliphatic carbocycles. The second kappa shape index (κ2) is 9.33. The number of carbonyl (C=O) groups is 1. The summed E-state index contributed by atoms with van der Waals surface area (Å²) in [5.74, 6) is 0.902. The van der Waals surface area contributed by atoms with Crippen LogP contribution in [-0.2, 0) is 17.6 Å². The number of amides is 1. The third-order valence-electron chi connectivity index (χ3n) is 4.23. The van der Waals surface area contributed by atoms with Gasteiger partial charge in [-0.2, -0.15) is 4.98 Å². The second-order valence-corrected chi connectivity index (χ2v) is 6.95. The maximum Gasteiger partial charge on any atom is 0.227 e. The van der Waals surface area contributed by atoms with Crippen LogP contribution < -0.4 is 5.32 Å². The molecule has 2 aromatic carbocycles. The van der Waals surface area contributed by atoms with Gasteiger partial charge in [0.2, 0.25) is 17.6 Å². The summed E-state index contributed by atoms with van der Waals surface area (Å²) < 4.78 is 5.24. The average Bonchev–Trinajstić information content (AvgIpc) is 3.15. The summed E-state index contributed by atoms with van der Waals surface area (Å²) in [5, 5.41) is 7.59. The van der Waals surface area contributed by atoms with Crippen molar-refractivity contribution in [3.63, 3.8) is 0 Å². The minimum atomic E-state index is -0.0157. The van der Waals surface area contributed by atoms with Crippen LogP contribution in [0.15, 0.2) is 59.1 Å². The van der Waals surface area contributed by atoms with Gasteiger partial charge in [0.15, 0.2) is 0 Å². The van der Waals surface area contributed by atoms with Crippen LogP contribution in [0.2, 0.25) is 5.02 Å². The highest BCUT2D eigenvalue weighted by Crippen LogP contribution is 2.20. The van der Waals surface area contributed by atoms with Gasteiger partial charge in [0.1, 0.15) is 0 Å². The predicted molar refractivity (Wildman–Crippen MR) is 105 cm³/mol. The standard InChI is InChI=1S/C21H22ClN3O2/c1-15(10-11-16-6-3-2-4-7-16)23-19(26)12-13-20-24-21(25-27-20)17-8-5-9-18(22)14-17/h2-9,14-15H,10-13H2,1H3,(H,23,26). The minimum Gasteiger partial charge on any atom is -0.354 e. The molecule has 3 rings (SSSR count). The van der Waals surface area contributed by atoms with E-state index in [0.717, 1.165) is 18.4 Å². The number of halogens is 1. The highest BCUT2D eigenvalue weighted by Gasteiger charge is 2.12. The Hall–Kier alpha value is -2.66.